The van der Waals surface area contributed by atoms with Crippen LogP contribution in [0.4, 0.5) is 0 Å². The predicted octanol–water partition coefficient (Wildman–Crippen LogP) is 1.26. The largest absolute Gasteiger partial charge is 0.458 e. The molecule has 0 fully saturated rings. The third-order valence-corrected chi connectivity index (χ3v) is 2.18. The van der Waals surface area contributed by atoms with E-state index in [0.717, 1.165) is 0 Å². The Balaban J connectivity index is 2.81. The fraction of sp³-hybridized carbons (Fsp3) is 0.417. The van der Waals surface area contributed by atoms with E-state index >= 15 is 0 Å². The Bertz CT molecular complexity index is 417. The number of esters is 2. The molecule has 90 valence electrons. The molecule has 0 heterocycles. The third-order valence-electron chi connectivity index (χ3n) is 2.18. The van der Waals surface area contributed by atoms with Crippen LogP contribution < -0.4 is 0 Å². The quantitative estimate of drug-likeness (QED) is 0.532. The first-order chi connectivity index (χ1) is 8.02. The highest BCUT2D eigenvalue weighted by Gasteiger charge is 2.25. The van der Waals surface area contributed by atoms with Crippen molar-refractivity contribution >= 4 is 11.9 Å². The van der Waals surface area contributed by atoms with Gasteiger partial charge in [0.15, 0.2) is 0 Å². The summed E-state index contributed by atoms with van der Waals surface area (Å²) in [5.74, 6) is -0.829. The van der Waals surface area contributed by atoms with Gasteiger partial charge in [-0.25, -0.2) is 0 Å². The SMILES string of the molecule is CC(=O)O[C@H]1C[C@@H](OC(C)=O)C=C/C1=C\C#N. The van der Waals surface area contributed by atoms with Gasteiger partial charge in [-0.1, -0.05) is 6.08 Å². The first-order valence-electron chi connectivity index (χ1n) is 5.15. The summed E-state index contributed by atoms with van der Waals surface area (Å²) in [4.78, 5) is 21.7. The molecule has 0 N–H and O–H groups in total. The van der Waals surface area contributed by atoms with Crippen molar-refractivity contribution in [3.8, 4) is 6.07 Å². The molecular formula is C12H13NO4. The first-order valence-corrected chi connectivity index (χ1v) is 5.15. The van der Waals surface area contributed by atoms with Gasteiger partial charge in [-0.3, -0.25) is 9.59 Å². The van der Waals surface area contributed by atoms with Crippen LogP contribution in [0.1, 0.15) is 20.3 Å². The van der Waals surface area contributed by atoms with Crippen molar-refractivity contribution in [1.82, 2.24) is 0 Å². The van der Waals surface area contributed by atoms with Gasteiger partial charge in [-0.2, -0.15) is 5.26 Å². The zero-order valence-electron chi connectivity index (χ0n) is 9.67. The van der Waals surface area contributed by atoms with Gasteiger partial charge in [-0.15, -0.1) is 0 Å². The Morgan fingerprint density at radius 3 is 2.59 bits per heavy atom. The second kappa shape index (κ2) is 5.85. The molecule has 0 aromatic rings. The van der Waals surface area contributed by atoms with E-state index in [2.05, 4.69) is 0 Å². The molecule has 0 bridgehead atoms. The normalized spacial score (nSPS) is 25.1. The predicted molar refractivity (Wildman–Crippen MR) is 58.6 cm³/mol. The van der Waals surface area contributed by atoms with Crippen LogP contribution in [0.25, 0.3) is 0 Å². The Morgan fingerprint density at radius 1 is 1.41 bits per heavy atom. The fourth-order valence-electron chi connectivity index (χ4n) is 1.58. The Hall–Kier alpha value is -2.09. The minimum atomic E-state index is -0.540. The van der Waals surface area contributed by atoms with E-state index in [9.17, 15) is 9.59 Å². The first kappa shape index (κ1) is 13.0. The topological polar surface area (TPSA) is 76.4 Å². The molecule has 5 heteroatoms. The van der Waals surface area contributed by atoms with Crippen LogP contribution in [-0.2, 0) is 19.1 Å². The van der Waals surface area contributed by atoms with Crippen LogP contribution in [0.2, 0.25) is 0 Å². The van der Waals surface area contributed by atoms with Crippen LogP contribution in [0.5, 0.6) is 0 Å². The van der Waals surface area contributed by atoms with E-state index in [0.29, 0.717) is 12.0 Å². The smallest absolute Gasteiger partial charge is 0.303 e. The summed E-state index contributed by atoms with van der Waals surface area (Å²) >= 11 is 0. The molecule has 0 spiro atoms. The van der Waals surface area contributed by atoms with E-state index in [1.807, 2.05) is 6.07 Å². The second-order valence-electron chi connectivity index (χ2n) is 3.61. The molecule has 5 nitrogen and oxygen atoms in total. The molecule has 17 heavy (non-hydrogen) atoms. The van der Waals surface area contributed by atoms with Crippen molar-refractivity contribution in [2.75, 3.05) is 0 Å². The minimum Gasteiger partial charge on any atom is -0.458 e. The minimum absolute atomic E-state index is 0.336. The maximum absolute atomic E-state index is 10.9. The lowest BCUT2D eigenvalue weighted by molar-refractivity contribution is -0.149. The Kier molecular flexibility index (Phi) is 4.46. The molecule has 0 saturated carbocycles. The number of nitrogens with zero attached hydrogens (tertiary/aromatic N) is 1. The van der Waals surface area contributed by atoms with Crippen LogP contribution in [-0.4, -0.2) is 24.1 Å². The molecule has 0 aromatic heterocycles. The van der Waals surface area contributed by atoms with E-state index in [1.165, 1.54) is 19.9 Å². The molecule has 0 aromatic carbocycles. The van der Waals surface area contributed by atoms with Gasteiger partial charge in [0, 0.05) is 31.9 Å². The number of rotatable bonds is 2. The molecule has 0 aliphatic heterocycles. The summed E-state index contributed by atoms with van der Waals surface area (Å²) in [6.45, 7) is 2.61. The molecule has 0 amide bonds. The highest BCUT2D eigenvalue weighted by Crippen LogP contribution is 2.22. The lowest BCUT2D eigenvalue weighted by Gasteiger charge is -2.25. The van der Waals surface area contributed by atoms with Gasteiger partial charge in [-0.05, 0) is 6.08 Å². The summed E-state index contributed by atoms with van der Waals surface area (Å²) in [5.41, 5.74) is 0.603. The van der Waals surface area contributed by atoms with E-state index in [4.69, 9.17) is 14.7 Å². The zero-order valence-corrected chi connectivity index (χ0v) is 9.67. The average molecular weight is 235 g/mol. The molecule has 0 saturated heterocycles. The number of allylic oxidation sites excluding steroid dienone is 1. The van der Waals surface area contributed by atoms with Crippen LogP contribution in [0, 0.1) is 11.3 Å². The number of hydrogen-bond acceptors (Lipinski definition) is 5. The lowest BCUT2D eigenvalue weighted by Crippen LogP contribution is -2.29. The molecule has 0 unspecified atom stereocenters. The molecule has 0 radical (unpaired) electrons. The van der Waals surface area contributed by atoms with E-state index < -0.39 is 24.1 Å². The highest BCUT2D eigenvalue weighted by atomic mass is 16.6. The maximum Gasteiger partial charge on any atom is 0.303 e. The van der Waals surface area contributed by atoms with Gasteiger partial charge >= 0.3 is 11.9 Å². The average Bonchev–Trinajstić information content (AvgIpc) is 2.20. The number of hydrogen-bond donors (Lipinski definition) is 0. The summed E-state index contributed by atoms with van der Waals surface area (Å²) in [5, 5.41) is 8.60. The van der Waals surface area contributed by atoms with Crippen molar-refractivity contribution in [3.05, 3.63) is 23.8 Å². The maximum atomic E-state index is 10.9. The standard InChI is InChI=1S/C12H13NO4/c1-8(14)16-11-4-3-10(5-6-13)12(7-11)17-9(2)15/h3-5,11-12H,7H2,1-2H3/b10-5+/t11-,12-/m0/s1. The van der Waals surface area contributed by atoms with Gasteiger partial charge in [0.1, 0.15) is 12.2 Å². The van der Waals surface area contributed by atoms with Gasteiger partial charge in [0.25, 0.3) is 0 Å². The second-order valence-corrected chi connectivity index (χ2v) is 3.61. The zero-order chi connectivity index (χ0) is 12.8. The van der Waals surface area contributed by atoms with Crippen molar-refractivity contribution in [2.45, 2.75) is 32.5 Å². The Morgan fingerprint density at radius 2 is 2.06 bits per heavy atom. The summed E-state index contributed by atoms with van der Waals surface area (Å²) < 4.78 is 10.1. The number of carbonyl (C=O) groups excluding carboxylic acids is 2. The summed E-state index contributed by atoms with van der Waals surface area (Å²) in [6, 6.07) is 1.88. The van der Waals surface area contributed by atoms with Gasteiger partial charge in [0.05, 0.1) is 6.07 Å². The van der Waals surface area contributed by atoms with Crippen LogP contribution >= 0.6 is 0 Å². The number of nitriles is 1. The van der Waals surface area contributed by atoms with Crippen molar-refractivity contribution in [2.24, 2.45) is 0 Å². The van der Waals surface area contributed by atoms with Crippen LogP contribution in [0.3, 0.4) is 0 Å². The summed E-state index contributed by atoms with van der Waals surface area (Å²) in [7, 11) is 0. The van der Waals surface area contributed by atoms with Gasteiger partial charge in [0.2, 0.25) is 0 Å². The van der Waals surface area contributed by atoms with Crippen molar-refractivity contribution in [1.29, 1.82) is 5.26 Å². The van der Waals surface area contributed by atoms with Gasteiger partial charge < -0.3 is 9.47 Å². The van der Waals surface area contributed by atoms with Crippen LogP contribution in [0.15, 0.2) is 23.8 Å². The lowest BCUT2D eigenvalue weighted by atomic mass is 9.96. The van der Waals surface area contributed by atoms with Crippen molar-refractivity contribution < 1.29 is 19.1 Å². The highest BCUT2D eigenvalue weighted by molar-refractivity contribution is 5.67. The summed E-state index contributed by atoms with van der Waals surface area (Å²) in [6.07, 6.45) is 3.99. The van der Waals surface area contributed by atoms with E-state index in [1.54, 1.807) is 12.2 Å². The number of ether oxygens (including phenoxy) is 2. The van der Waals surface area contributed by atoms with E-state index in [-0.39, 0.29) is 0 Å². The molecule has 1 aliphatic carbocycles. The fourth-order valence-corrected chi connectivity index (χ4v) is 1.58. The molecule has 1 rings (SSSR count). The monoisotopic (exact) mass is 235 g/mol. The third kappa shape index (κ3) is 4.11. The molecule has 2 atom stereocenters. The molecule has 1 aliphatic rings. The molecular weight excluding hydrogens is 222 g/mol. The van der Waals surface area contributed by atoms with Crippen molar-refractivity contribution in [3.63, 3.8) is 0 Å². The Labute approximate surface area is 99.3 Å². The number of carbonyl (C=O) groups is 2.